The molecule has 6 nitrogen and oxygen atoms in total. The number of hydrogen-bond acceptors (Lipinski definition) is 6. The van der Waals surface area contributed by atoms with Gasteiger partial charge in [0.25, 0.3) is 0 Å². The molecule has 1 heterocycles. The largest absolute Gasteiger partial charge is 0.384 e. The minimum atomic E-state index is 0.636. The molecule has 0 bridgehead atoms. The Hall–Kier alpha value is -3.32. The van der Waals surface area contributed by atoms with E-state index in [2.05, 4.69) is 46.6 Å². The van der Waals surface area contributed by atoms with Crippen molar-refractivity contribution in [2.24, 2.45) is 11.5 Å². The van der Waals surface area contributed by atoms with Gasteiger partial charge < -0.3 is 16.8 Å². The predicted octanol–water partition coefficient (Wildman–Crippen LogP) is 3.60. The number of anilines is 1. The Bertz CT molecular complexity index is 1130. The molecule has 0 saturated carbocycles. The highest BCUT2D eigenvalue weighted by Gasteiger charge is 2.13. The van der Waals surface area contributed by atoms with E-state index >= 15 is 0 Å². The molecule has 0 aliphatic heterocycles. The van der Waals surface area contributed by atoms with E-state index in [0.717, 1.165) is 65.4 Å². The zero-order valence-corrected chi connectivity index (χ0v) is 18.2. The van der Waals surface area contributed by atoms with E-state index in [0.29, 0.717) is 13.1 Å². The number of aromatic nitrogens is 2. The Balaban J connectivity index is 1.63. The molecule has 4 rings (SSSR count). The molecule has 0 amide bonds. The molecule has 0 unspecified atom stereocenters. The fraction of sp³-hybridized carbons (Fsp3) is 0.231. The molecule has 0 saturated heterocycles. The molecule has 0 fully saturated rings. The van der Waals surface area contributed by atoms with Gasteiger partial charge in [-0.2, -0.15) is 0 Å². The minimum Gasteiger partial charge on any atom is -0.384 e. The molecule has 0 aliphatic carbocycles. The third-order valence-corrected chi connectivity index (χ3v) is 5.41. The van der Waals surface area contributed by atoms with Gasteiger partial charge in [-0.3, -0.25) is 4.90 Å². The second kappa shape index (κ2) is 10.8. The number of hydrogen-bond donors (Lipinski definition) is 3. The summed E-state index contributed by atoms with van der Waals surface area (Å²) in [5, 5.41) is 3.50. The van der Waals surface area contributed by atoms with Crippen molar-refractivity contribution in [3.63, 3.8) is 0 Å². The first-order valence-corrected chi connectivity index (χ1v) is 11.1. The Kier molecular flexibility index (Phi) is 7.40. The van der Waals surface area contributed by atoms with Crippen LogP contribution in [0.15, 0.2) is 78.9 Å². The van der Waals surface area contributed by atoms with Crippen LogP contribution in [0.3, 0.4) is 0 Å². The van der Waals surface area contributed by atoms with Crippen LogP contribution in [0, 0.1) is 0 Å². The van der Waals surface area contributed by atoms with Gasteiger partial charge >= 0.3 is 0 Å². The van der Waals surface area contributed by atoms with Crippen molar-refractivity contribution >= 4 is 16.7 Å². The van der Waals surface area contributed by atoms with Crippen LogP contribution in [0.1, 0.15) is 0 Å². The van der Waals surface area contributed by atoms with Crippen LogP contribution in [0.5, 0.6) is 0 Å². The summed E-state index contributed by atoms with van der Waals surface area (Å²) in [6, 6.07) is 26.6. The molecule has 0 spiro atoms. The molecule has 4 aromatic rings. The summed E-state index contributed by atoms with van der Waals surface area (Å²) in [6.45, 7) is 4.68. The minimum absolute atomic E-state index is 0.636. The first-order chi connectivity index (χ1) is 15.8. The fourth-order valence-corrected chi connectivity index (χ4v) is 3.82. The predicted molar refractivity (Wildman–Crippen MR) is 133 cm³/mol. The van der Waals surface area contributed by atoms with Gasteiger partial charge in [0.1, 0.15) is 0 Å². The smallest absolute Gasteiger partial charge is 0.0973 e. The van der Waals surface area contributed by atoms with Gasteiger partial charge in [0.05, 0.1) is 22.4 Å². The van der Waals surface area contributed by atoms with Gasteiger partial charge in [-0.25, -0.2) is 9.97 Å². The third-order valence-electron chi connectivity index (χ3n) is 5.41. The van der Waals surface area contributed by atoms with E-state index in [-0.39, 0.29) is 0 Å². The van der Waals surface area contributed by atoms with E-state index in [1.54, 1.807) is 0 Å². The number of nitrogens with one attached hydrogen (secondary N) is 1. The highest BCUT2D eigenvalue weighted by molar-refractivity contribution is 5.87. The molecule has 0 aliphatic rings. The highest BCUT2D eigenvalue weighted by Crippen LogP contribution is 2.31. The van der Waals surface area contributed by atoms with E-state index in [9.17, 15) is 0 Å². The lowest BCUT2D eigenvalue weighted by Crippen LogP contribution is -2.37. The lowest BCUT2D eigenvalue weighted by atomic mass is 10.0. The van der Waals surface area contributed by atoms with Crippen LogP contribution in [0.25, 0.3) is 33.5 Å². The quantitative estimate of drug-likeness (QED) is 0.359. The first kappa shape index (κ1) is 21.9. The summed E-state index contributed by atoms with van der Waals surface area (Å²) in [5.41, 5.74) is 18.1. The van der Waals surface area contributed by atoms with Crippen LogP contribution in [0.2, 0.25) is 0 Å². The SMILES string of the molecule is NCCN(CCN)CCNc1ccc2nc(-c3ccccc3)c(-c3ccccc3)nc2c1. The molecule has 164 valence electrons. The third kappa shape index (κ3) is 5.29. The zero-order valence-electron chi connectivity index (χ0n) is 18.2. The molecule has 6 heteroatoms. The van der Waals surface area contributed by atoms with Crippen LogP contribution in [-0.4, -0.2) is 54.1 Å². The van der Waals surface area contributed by atoms with Crippen molar-refractivity contribution in [3.8, 4) is 22.5 Å². The van der Waals surface area contributed by atoms with Crippen molar-refractivity contribution in [2.75, 3.05) is 44.6 Å². The Morgan fingerprint density at radius 1 is 0.656 bits per heavy atom. The standard InChI is InChI=1S/C26H30N6/c27-13-16-32(17-14-28)18-15-29-22-11-12-23-24(19-22)31-26(21-9-5-2-6-10-21)25(30-23)20-7-3-1-4-8-20/h1-12,19,29H,13-18,27-28H2. The van der Waals surface area contributed by atoms with Crippen molar-refractivity contribution in [3.05, 3.63) is 78.9 Å². The molecule has 32 heavy (non-hydrogen) atoms. The van der Waals surface area contributed by atoms with E-state index in [4.69, 9.17) is 21.4 Å². The summed E-state index contributed by atoms with van der Waals surface area (Å²) in [7, 11) is 0. The van der Waals surface area contributed by atoms with Gasteiger partial charge in [-0.15, -0.1) is 0 Å². The van der Waals surface area contributed by atoms with Crippen LogP contribution < -0.4 is 16.8 Å². The average molecular weight is 427 g/mol. The van der Waals surface area contributed by atoms with E-state index in [1.807, 2.05) is 42.5 Å². The summed E-state index contributed by atoms with van der Waals surface area (Å²) >= 11 is 0. The highest BCUT2D eigenvalue weighted by atomic mass is 15.1. The monoisotopic (exact) mass is 426 g/mol. The van der Waals surface area contributed by atoms with Crippen LogP contribution >= 0.6 is 0 Å². The lowest BCUT2D eigenvalue weighted by molar-refractivity contribution is 0.300. The van der Waals surface area contributed by atoms with Crippen molar-refractivity contribution in [1.29, 1.82) is 0 Å². The van der Waals surface area contributed by atoms with Crippen molar-refractivity contribution < 1.29 is 0 Å². The number of nitrogens with zero attached hydrogens (tertiary/aromatic N) is 3. The molecular formula is C26H30N6. The number of rotatable bonds is 10. The van der Waals surface area contributed by atoms with E-state index < -0.39 is 0 Å². The summed E-state index contributed by atoms with van der Waals surface area (Å²) in [5.74, 6) is 0. The second-order valence-corrected chi connectivity index (χ2v) is 7.70. The maximum atomic E-state index is 5.70. The number of benzene rings is 3. The maximum absolute atomic E-state index is 5.70. The van der Waals surface area contributed by atoms with Crippen LogP contribution in [-0.2, 0) is 0 Å². The van der Waals surface area contributed by atoms with Crippen molar-refractivity contribution in [2.45, 2.75) is 0 Å². The topological polar surface area (TPSA) is 93.1 Å². The van der Waals surface area contributed by atoms with E-state index in [1.165, 1.54) is 0 Å². The normalized spacial score (nSPS) is 11.2. The number of nitrogens with two attached hydrogens (primary N) is 2. The molecule has 5 N–H and O–H groups in total. The van der Waals surface area contributed by atoms with Gasteiger partial charge in [-0.1, -0.05) is 60.7 Å². The molecule has 1 aromatic heterocycles. The van der Waals surface area contributed by atoms with Gasteiger partial charge in [0.15, 0.2) is 0 Å². The van der Waals surface area contributed by atoms with Gasteiger partial charge in [0.2, 0.25) is 0 Å². The second-order valence-electron chi connectivity index (χ2n) is 7.70. The van der Waals surface area contributed by atoms with Gasteiger partial charge in [0, 0.05) is 56.1 Å². The Labute approximate surface area is 189 Å². The molecule has 3 aromatic carbocycles. The van der Waals surface area contributed by atoms with Crippen LogP contribution in [0.4, 0.5) is 5.69 Å². The number of fused-ring (bicyclic) bond motifs is 1. The zero-order chi connectivity index (χ0) is 22.2. The Morgan fingerprint density at radius 2 is 1.22 bits per heavy atom. The lowest BCUT2D eigenvalue weighted by Gasteiger charge is -2.21. The van der Waals surface area contributed by atoms with Crippen molar-refractivity contribution in [1.82, 2.24) is 14.9 Å². The van der Waals surface area contributed by atoms with Gasteiger partial charge in [-0.05, 0) is 18.2 Å². The maximum Gasteiger partial charge on any atom is 0.0973 e. The average Bonchev–Trinajstić information content (AvgIpc) is 2.84. The summed E-state index contributed by atoms with van der Waals surface area (Å²) in [6.07, 6.45) is 0. The Morgan fingerprint density at radius 3 is 1.78 bits per heavy atom. The summed E-state index contributed by atoms with van der Waals surface area (Å²) in [4.78, 5) is 12.3. The first-order valence-electron chi connectivity index (χ1n) is 11.1. The molecule has 0 radical (unpaired) electrons. The molecular weight excluding hydrogens is 396 g/mol. The summed E-state index contributed by atoms with van der Waals surface area (Å²) < 4.78 is 0. The fourth-order valence-electron chi connectivity index (χ4n) is 3.82. The molecule has 0 atom stereocenters.